The van der Waals surface area contributed by atoms with Crippen molar-refractivity contribution in [2.24, 2.45) is 5.92 Å². The molecule has 0 radical (unpaired) electrons. The molecular weight excluding hydrogens is 206 g/mol. The fraction of sp³-hybridized carbons (Fsp3) is 0.500. The highest BCUT2D eigenvalue weighted by atomic mass is 16.6. The predicted octanol–water partition coefficient (Wildman–Crippen LogP) is 2.30. The molecule has 2 rings (SSSR count). The Balaban J connectivity index is 2.02. The van der Waals surface area contributed by atoms with Crippen LogP contribution in [-0.2, 0) is 6.42 Å². The third-order valence-corrected chi connectivity index (χ3v) is 3.26. The predicted molar refractivity (Wildman–Crippen MR) is 60.1 cm³/mol. The molecule has 4 nitrogen and oxygen atoms in total. The molecule has 1 fully saturated rings. The lowest BCUT2D eigenvalue weighted by Gasteiger charge is -2.13. The summed E-state index contributed by atoms with van der Waals surface area (Å²) in [6, 6.07) is 6.61. The first-order valence-electron chi connectivity index (χ1n) is 5.58. The van der Waals surface area contributed by atoms with E-state index in [2.05, 4.69) is 0 Å². The van der Waals surface area contributed by atoms with E-state index in [0.29, 0.717) is 5.92 Å². The van der Waals surface area contributed by atoms with E-state index in [1.807, 2.05) is 0 Å². The Morgan fingerprint density at radius 1 is 1.31 bits per heavy atom. The smallest absolute Gasteiger partial charge is 0.269 e. The lowest BCUT2D eigenvalue weighted by molar-refractivity contribution is -0.384. The summed E-state index contributed by atoms with van der Waals surface area (Å²) in [5.74, 6) is 0.321. The maximum absolute atomic E-state index is 10.5. The zero-order valence-electron chi connectivity index (χ0n) is 9.00. The number of nitrogens with zero attached hydrogens (tertiary/aromatic N) is 1. The van der Waals surface area contributed by atoms with Gasteiger partial charge in [0.1, 0.15) is 0 Å². The Hall–Kier alpha value is -1.42. The third kappa shape index (κ3) is 2.39. The molecular formula is C12H15NO3. The van der Waals surface area contributed by atoms with Crippen molar-refractivity contribution in [3.05, 3.63) is 39.9 Å². The molecule has 1 aliphatic rings. The summed E-state index contributed by atoms with van der Waals surface area (Å²) in [4.78, 5) is 10.1. The molecule has 1 aromatic rings. The summed E-state index contributed by atoms with van der Waals surface area (Å²) >= 11 is 0. The van der Waals surface area contributed by atoms with E-state index in [4.69, 9.17) is 0 Å². The fourth-order valence-corrected chi connectivity index (χ4v) is 2.31. The Labute approximate surface area is 94.1 Å². The molecule has 1 aromatic carbocycles. The topological polar surface area (TPSA) is 63.4 Å². The maximum Gasteiger partial charge on any atom is 0.269 e. The number of hydrogen-bond acceptors (Lipinski definition) is 3. The van der Waals surface area contributed by atoms with Crippen molar-refractivity contribution in [3.8, 4) is 0 Å². The van der Waals surface area contributed by atoms with Crippen LogP contribution >= 0.6 is 0 Å². The molecule has 1 N–H and O–H groups in total. The number of rotatable bonds is 3. The number of nitro groups is 1. The first kappa shape index (κ1) is 11.1. The monoisotopic (exact) mass is 221 g/mol. The summed E-state index contributed by atoms with van der Waals surface area (Å²) < 4.78 is 0. The van der Waals surface area contributed by atoms with Crippen molar-refractivity contribution in [3.63, 3.8) is 0 Å². The van der Waals surface area contributed by atoms with Gasteiger partial charge in [0.15, 0.2) is 0 Å². The standard InChI is InChI=1S/C12H15NO3/c14-12-3-1-2-10(12)8-9-4-6-11(7-5-9)13(15)16/h4-7,10,12,14H,1-3,8H2. The highest BCUT2D eigenvalue weighted by Crippen LogP contribution is 2.29. The van der Waals surface area contributed by atoms with Crippen LogP contribution in [0.1, 0.15) is 24.8 Å². The van der Waals surface area contributed by atoms with Crippen LogP contribution in [0.3, 0.4) is 0 Å². The minimum absolute atomic E-state index is 0.121. The minimum Gasteiger partial charge on any atom is -0.393 e. The van der Waals surface area contributed by atoms with Gasteiger partial charge < -0.3 is 5.11 Å². The largest absolute Gasteiger partial charge is 0.393 e. The van der Waals surface area contributed by atoms with Crippen LogP contribution in [0, 0.1) is 16.0 Å². The second-order valence-electron chi connectivity index (χ2n) is 4.39. The minimum atomic E-state index is -0.395. The molecule has 0 aromatic heterocycles. The average molecular weight is 221 g/mol. The molecule has 0 aliphatic heterocycles. The van der Waals surface area contributed by atoms with Gasteiger partial charge >= 0.3 is 0 Å². The molecule has 0 bridgehead atoms. The van der Waals surface area contributed by atoms with Crippen LogP contribution in [0.5, 0.6) is 0 Å². The summed E-state index contributed by atoms with van der Waals surface area (Å²) in [5.41, 5.74) is 1.19. The van der Waals surface area contributed by atoms with Crippen molar-refractivity contribution in [1.29, 1.82) is 0 Å². The van der Waals surface area contributed by atoms with E-state index in [1.54, 1.807) is 12.1 Å². The first-order chi connectivity index (χ1) is 7.66. The van der Waals surface area contributed by atoms with Gasteiger partial charge in [-0.3, -0.25) is 10.1 Å². The average Bonchev–Trinajstić information content (AvgIpc) is 2.65. The molecule has 0 saturated heterocycles. The van der Waals surface area contributed by atoms with Crippen LogP contribution in [0.25, 0.3) is 0 Å². The lowest BCUT2D eigenvalue weighted by Crippen LogP contribution is -2.15. The Morgan fingerprint density at radius 2 is 2.00 bits per heavy atom. The highest BCUT2D eigenvalue weighted by molar-refractivity contribution is 5.33. The van der Waals surface area contributed by atoms with E-state index in [0.717, 1.165) is 31.2 Å². The summed E-state index contributed by atoms with van der Waals surface area (Å²) in [7, 11) is 0. The molecule has 1 saturated carbocycles. The number of nitro benzene ring substituents is 1. The SMILES string of the molecule is O=[N+]([O-])c1ccc(CC2CCCC2O)cc1. The van der Waals surface area contributed by atoms with E-state index in [9.17, 15) is 15.2 Å². The number of non-ortho nitro benzene ring substituents is 1. The van der Waals surface area contributed by atoms with Crippen LogP contribution in [-0.4, -0.2) is 16.1 Å². The van der Waals surface area contributed by atoms with Gasteiger partial charge in [-0.15, -0.1) is 0 Å². The second kappa shape index (κ2) is 4.61. The van der Waals surface area contributed by atoms with Crippen molar-refractivity contribution in [1.82, 2.24) is 0 Å². The van der Waals surface area contributed by atoms with Crippen LogP contribution in [0.15, 0.2) is 24.3 Å². The van der Waals surface area contributed by atoms with Gasteiger partial charge in [0.2, 0.25) is 0 Å². The summed E-state index contributed by atoms with van der Waals surface area (Å²) in [6.07, 6.45) is 3.64. The Kier molecular flexibility index (Phi) is 3.19. The first-order valence-corrected chi connectivity index (χ1v) is 5.58. The van der Waals surface area contributed by atoms with Crippen molar-refractivity contribution in [2.75, 3.05) is 0 Å². The molecule has 2 unspecified atom stereocenters. The Bertz CT molecular complexity index is 374. The van der Waals surface area contributed by atoms with Crippen molar-refractivity contribution < 1.29 is 10.0 Å². The second-order valence-corrected chi connectivity index (χ2v) is 4.39. The summed E-state index contributed by atoms with van der Waals surface area (Å²) in [6.45, 7) is 0. The highest BCUT2D eigenvalue weighted by Gasteiger charge is 2.25. The Morgan fingerprint density at radius 3 is 2.50 bits per heavy atom. The number of aliphatic hydroxyl groups is 1. The molecule has 2 atom stereocenters. The van der Waals surface area contributed by atoms with Gasteiger partial charge in [0.05, 0.1) is 11.0 Å². The van der Waals surface area contributed by atoms with Gasteiger partial charge in [-0.05, 0) is 30.7 Å². The zero-order chi connectivity index (χ0) is 11.5. The van der Waals surface area contributed by atoms with Gasteiger partial charge in [-0.1, -0.05) is 18.6 Å². The number of hydrogen-bond donors (Lipinski definition) is 1. The third-order valence-electron chi connectivity index (χ3n) is 3.26. The molecule has 4 heteroatoms. The van der Waals surface area contributed by atoms with Crippen LogP contribution in [0.2, 0.25) is 0 Å². The van der Waals surface area contributed by atoms with Gasteiger partial charge in [0, 0.05) is 12.1 Å². The normalized spacial score (nSPS) is 24.6. The molecule has 0 spiro atoms. The van der Waals surface area contributed by atoms with E-state index in [1.165, 1.54) is 12.1 Å². The summed E-state index contributed by atoms with van der Waals surface area (Å²) in [5, 5.41) is 20.2. The van der Waals surface area contributed by atoms with Gasteiger partial charge in [0.25, 0.3) is 5.69 Å². The quantitative estimate of drug-likeness (QED) is 0.629. The van der Waals surface area contributed by atoms with E-state index >= 15 is 0 Å². The van der Waals surface area contributed by atoms with E-state index < -0.39 is 4.92 Å². The van der Waals surface area contributed by atoms with Crippen molar-refractivity contribution >= 4 is 5.69 Å². The zero-order valence-corrected chi connectivity index (χ0v) is 9.00. The molecule has 1 aliphatic carbocycles. The number of benzene rings is 1. The molecule has 0 heterocycles. The molecule has 16 heavy (non-hydrogen) atoms. The van der Waals surface area contributed by atoms with Crippen LogP contribution < -0.4 is 0 Å². The van der Waals surface area contributed by atoms with Gasteiger partial charge in [-0.25, -0.2) is 0 Å². The number of aliphatic hydroxyl groups excluding tert-OH is 1. The fourth-order valence-electron chi connectivity index (χ4n) is 2.31. The lowest BCUT2D eigenvalue weighted by atomic mass is 9.96. The van der Waals surface area contributed by atoms with Gasteiger partial charge in [-0.2, -0.15) is 0 Å². The molecule has 0 amide bonds. The van der Waals surface area contributed by atoms with E-state index in [-0.39, 0.29) is 11.8 Å². The van der Waals surface area contributed by atoms with Crippen LogP contribution in [0.4, 0.5) is 5.69 Å². The maximum atomic E-state index is 10.5. The molecule has 86 valence electrons. The van der Waals surface area contributed by atoms with Crippen molar-refractivity contribution in [2.45, 2.75) is 31.8 Å².